The molecule has 0 spiro atoms. The standard InChI is InChI=1S/C36H34FN3O2/c1-3-39(4-2)29-20-16-24(17-21-29)27-22-31-34(33(41)23-27)35(25-14-18-28(37)19-15-25)40(32-13-9-8-12-30(32)38-31)36(42)26-10-6-5-7-11-26/h5-21,27,35,38H,3-4,22-23H2,1-2H3/t27-,35-/m0/s1. The van der Waals surface area contributed by atoms with Crippen molar-refractivity contribution in [1.82, 2.24) is 0 Å². The van der Waals surface area contributed by atoms with Gasteiger partial charge in [-0.2, -0.15) is 0 Å². The zero-order valence-electron chi connectivity index (χ0n) is 23.9. The second-order valence-corrected chi connectivity index (χ2v) is 10.8. The number of carbonyl (C=O) groups is 2. The number of Topliss-reactive ketones (excluding diaryl/α,β-unsaturated/α-hetero) is 1. The minimum atomic E-state index is -0.719. The number of hydrogen-bond acceptors (Lipinski definition) is 4. The number of allylic oxidation sites excluding steroid dienone is 1. The van der Waals surface area contributed by atoms with Crippen molar-refractivity contribution in [3.63, 3.8) is 0 Å². The molecule has 1 aliphatic carbocycles. The van der Waals surface area contributed by atoms with Crippen LogP contribution in [0, 0.1) is 5.82 Å². The van der Waals surface area contributed by atoms with Gasteiger partial charge >= 0.3 is 0 Å². The average Bonchev–Trinajstić information content (AvgIpc) is 3.17. The summed E-state index contributed by atoms with van der Waals surface area (Å²) in [6, 6.07) is 30.7. The Morgan fingerprint density at radius 2 is 1.48 bits per heavy atom. The summed E-state index contributed by atoms with van der Waals surface area (Å²) in [5.41, 5.74) is 6.25. The Hall–Kier alpha value is -4.71. The third kappa shape index (κ3) is 5.09. The van der Waals surface area contributed by atoms with Crippen molar-refractivity contribution in [2.45, 2.75) is 38.6 Å². The lowest BCUT2D eigenvalue weighted by atomic mass is 9.78. The smallest absolute Gasteiger partial charge is 0.259 e. The predicted octanol–water partition coefficient (Wildman–Crippen LogP) is 7.89. The molecule has 0 radical (unpaired) electrons. The van der Waals surface area contributed by atoms with Crippen molar-refractivity contribution < 1.29 is 14.0 Å². The summed E-state index contributed by atoms with van der Waals surface area (Å²) in [7, 11) is 0. The van der Waals surface area contributed by atoms with Gasteiger partial charge < -0.3 is 10.2 Å². The van der Waals surface area contributed by atoms with Gasteiger partial charge in [-0.15, -0.1) is 0 Å². The van der Waals surface area contributed by atoms with Crippen LogP contribution in [0.15, 0.2) is 114 Å². The number of fused-ring (bicyclic) bond motifs is 1. The van der Waals surface area contributed by atoms with Gasteiger partial charge in [-0.25, -0.2) is 4.39 Å². The number of rotatable bonds is 6. The lowest BCUT2D eigenvalue weighted by Crippen LogP contribution is -2.38. The van der Waals surface area contributed by atoms with Gasteiger partial charge in [0.15, 0.2) is 5.78 Å². The Bertz CT molecular complexity index is 1630. The first kappa shape index (κ1) is 27.5. The molecule has 1 N–H and O–H groups in total. The van der Waals surface area contributed by atoms with Crippen molar-refractivity contribution in [1.29, 1.82) is 0 Å². The summed E-state index contributed by atoms with van der Waals surface area (Å²) in [6.07, 6.45) is 0.942. The van der Waals surface area contributed by atoms with Crippen LogP contribution >= 0.6 is 0 Å². The molecule has 0 fully saturated rings. The Morgan fingerprint density at radius 3 is 2.17 bits per heavy atom. The van der Waals surface area contributed by atoms with Crippen LogP contribution in [0.2, 0.25) is 0 Å². The van der Waals surface area contributed by atoms with E-state index in [1.165, 1.54) is 17.8 Å². The number of anilines is 3. The molecular formula is C36H34FN3O2. The maximum atomic E-state index is 14.3. The van der Waals surface area contributed by atoms with E-state index in [0.29, 0.717) is 35.2 Å². The molecule has 5 nitrogen and oxygen atoms in total. The van der Waals surface area contributed by atoms with Crippen molar-refractivity contribution in [3.8, 4) is 0 Å². The lowest BCUT2D eigenvalue weighted by Gasteiger charge is -2.35. The van der Waals surface area contributed by atoms with Gasteiger partial charge in [0.2, 0.25) is 0 Å². The van der Waals surface area contributed by atoms with Gasteiger partial charge in [0.05, 0.1) is 17.4 Å². The summed E-state index contributed by atoms with van der Waals surface area (Å²) in [5, 5.41) is 3.57. The Kier molecular flexibility index (Phi) is 7.62. The number of carbonyl (C=O) groups excluding carboxylic acids is 2. The molecule has 212 valence electrons. The molecule has 0 unspecified atom stereocenters. The van der Waals surface area contributed by atoms with E-state index in [4.69, 9.17) is 0 Å². The minimum absolute atomic E-state index is 0.00749. The molecule has 4 aromatic carbocycles. The highest BCUT2D eigenvalue weighted by molar-refractivity contribution is 6.12. The molecule has 42 heavy (non-hydrogen) atoms. The molecule has 0 bridgehead atoms. The molecule has 2 aliphatic rings. The van der Waals surface area contributed by atoms with E-state index in [1.807, 2.05) is 42.5 Å². The lowest BCUT2D eigenvalue weighted by molar-refractivity contribution is -0.116. The first-order chi connectivity index (χ1) is 20.5. The van der Waals surface area contributed by atoms with Crippen molar-refractivity contribution in [2.75, 3.05) is 28.2 Å². The van der Waals surface area contributed by atoms with Gasteiger partial charge in [-0.05, 0) is 85.8 Å². The average molecular weight is 560 g/mol. The highest BCUT2D eigenvalue weighted by Gasteiger charge is 2.41. The van der Waals surface area contributed by atoms with Crippen LogP contribution in [-0.4, -0.2) is 24.8 Å². The maximum Gasteiger partial charge on any atom is 0.259 e. The van der Waals surface area contributed by atoms with Gasteiger partial charge in [0.25, 0.3) is 5.91 Å². The Morgan fingerprint density at radius 1 is 0.833 bits per heavy atom. The molecule has 1 heterocycles. The largest absolute Gasteiger partial charge is 0.372 e. The third-order valence-electron chi connectivity index (χ3n) is 8.41. The Labute approximate surface area is 246 Å². The summed E-state index contributed by atoms with van der Waals surface area (Å²) >= 11 is 0. The van der Waals surface area contributed by atoms with E-state index in [9.17, 15) is 14.0 Å². The van der Waals surface area contributed by atoms with Crippen LogP contribution in [-0.2, 0) is 4.79 Å². The molecule has 6 rings (SSSR count). The van der Waals surface area contributed by atoms with Crippen molar-refractivity contribution in [3.05, 3.63) is 137 Å². The van der Waals surface area contributed by atoms with Gasteiger partial charge in [-0.1, -0.05) is 54.6 Å². The highest BCUT2D eigenvalue weighted by atomic mass is 19.1. The Balaban J connectivity index is 1.48. The molecule has 4 aromatic rings. The predicted molar refractivity (Wildman–Crippen MR) is 166 cm³/mol. The summed E-state index contributed by atoms with van der Waals surface area (Å²) < 4.78 is 14.1. The van der Waals surface area contributed by atoms with Gasteiger partial charge in [-0.3, -0.25) is 14.5 Å². The maximum absolute atomic E-state index is 14.3. The summed E-state index contributed by atoms with van der Waals surface area (Å²) in [5.74, 6) is -0.625. The molecule has 0 aromatic heterocycles. The van der Waals surface area contributed by atoms with Crippen LogP contribution in [0.4, 0.5) is 21.5 Å². The minimum Gasteiger partial charge on any atom is -0.372 e. The van der Waals surface area contributed by atoms with Crippen molar-refractivity contribution >= 4 is 28.8 Å². The fourth-order valence-corrected chi connectivity index (χ4v) is 6.28. The SMILES string of the molecule is CCN(CC)c1ccc([C@@H]2CC(=O)C3=C(C2)Nc2ccccc2N(C(=O)c2ccccc2)[C@H]3c2ccc(F)cc2)cc1. The van der Waals surface area contributed by atoms with Crippen LogP contribution < -0.4 is 15.1 Å². The molecule has 0 saturated heterocycles. The molecular weight excluding hydrogens is 525 g/mol. The first-order valence-corrected chi connectivity index (χ1v) is 14.6. The number of nitrogens with one attached hydrogen (secondary N) is 1. The van der Waals surface area contributed by atoms with Crippen LogP contribution in [0.1, 0.15) is 60.1 Å². The molecule has 1 amide bonds. The normalized spacial score (nSPS) is 18.1. The van der Waals surface area contributed by atoms with Crippen LogP contribution in [0.3, 0.4) is 0 Å². The number of hydrogen-bond donors (Lipinski definition) is 1. The topological polar surface area (TPSA) is 52.7 Å². The fraction of sp³-hybridized carbons (Fsp3) is 0.222. The summed E-state index contributed by atoms with van der Waals surface area (Å²) in [6.45, 7) is 6.15. The van der Waals surface area contributed by atoms with E-state index in [2.05, 4.69) is 48.3 Å². The van der Waals surface area contributed by atoms with Gasteiger partial charge in [0.1, 0.15) is 5.82 Å². The number of amides is 1. The quantitative estimate of drug-likeness (QED) is 0.261. The first-order valence-electron chi connectivity index (χ1n) is 14.6. The second kappa shape index (κ2) is 11.6. The number of para-hydroxylation sites is 2. The molecule has 2 atom stereocenters. The zero-order valence-corrected chi connectivity index (χ0v) is 23.9. The van der Waals surface area contributed by atoms with E-state index in [1.54, 1.807) is 29.2 Å². The highest BCUT2D eigenvalue weighted by Crippen LogP contribution is 2.48. The molecule has 0 saturated carbocycles. The van der Waals surface area contributed by atoms with Crippen molar-refractivity contribution in [2.24, 2.45) is 0 Å². The van der Waals surface area contributed by atoms with E-state index < -0.39 is 6.04 Å². The number of benzene rings is 4. The third-order valence-corrected chi connectivity index (χ3v) is 8.41. The molecule has 6 heteroatoms. The number of halogens is 1. The molecule has 1 aliphatic heterocycles. The fourth-order valence-electron chi connectivity index (χ4n) is 6.28. The van der Waals surface area contributed by atoms with Crippen LogP contribution in [0.25, 0.3) is 0 Å². The van der Waals surface area contributed by atoms with Crippen LogP contribution in [0.5, 0.6) is 0 Å². The van der Waals surface area contributed by atoms with E-state index in [-0.39, 0.29) is 23.4 Å². The van der Waals surface area contributed by atoms with E-state index >= 15 is 0 Å². The van der Waals surface area contributed by atoms with E-state index in [0.717, 1.165) is 30.0 Å². The monoisotopic (exact) mass is 559 g/mol. The number of nitrogens with zero attached hydrogens (tertiary/aromatic N) is 2. The van der Waals surface area contributed by atoms with Gasteiger partial charge in [0, 0.05) is 42.0 Å². The second-order valence-electron chi connectivity index (χ2n) is 10.8. The zero-order chi connectivity index (χ0) is 29.2. The summed E-state index contributed by atoms with van der Waals surface area (Å²) in [4.78, 5) is 32.5. The number of ketones is 1.